The summed E-state index contributed by atoms with van der Waals surface area (Å²) in [6.07, 6.45) is 8.27. The van der Waals surface area contributed by atoms with Gasteiger partial charge in [0.15, 0.2) is 5.12 Å². The fourth-order valence-corrected chi connectivity index (χ4v) is 4.79. The number of carbonyl (C=O) groups is 2. The minimum absolute atomic E-state index is 0.0293. The first kappa shape index (κ1) is 16.6. The van der Waals surface area contributed by atoms with Crippen molar-refractivity contribution in [2.75, 3.05) is 12.3 Å². The Balaban J connectivity index is 1.92. The average Bonchev–Trinajstić information content (AvgIpc) is 2.43. The molecule has 0 aliphatic heterocycles. The number of carbonyl (C=O) groups excluding carboxylic acids is 2. The van der Waals surface area contributed by atoms with Crippen molar-refractivity contribution in [3.63, 3.8) is 0 Å². The first-order chi connectivity index (χ1) is 9.99. The Kier molecular flexibility index (Phi) is 5.91. The molecule has 0 radical (unpaired) electrons. The zero-order valence-corrected chi connectivity index (χ0v) is 14.1. The van der Waals surface area contributed by atoms with Crippen molar-refractivity contribution in [2.45, 2.75) is 40.0 Å². The fourth-order valence-electron chi connectivity index (χ4n) is 3.81. The van der Waals surface area contributed by atoms with Gasteiger partial charge in [0.1, 0.15) is 0 Å². The second-order valence-corrected chi connectivity index (χ2v) is 7.77. The average molecular weight is 309 g/mol. The summed E-state index contributed by atoms with van der Waals surface area (Å²) in [5.41, 5.74) is 0. The molecular weight excluding hydrogens is 282 g/mol. The van der Waals surface area contributed by atoms with E-state index in [1.807, 2.05) is 0 Å². The van der Waals surface area contributed by atoms with Crippen LogP contribution >= 0.6 is 11.8 Å². The molecule has 5 atom stereocenters. The van der Waals surface area contributed by atoms with Crippen LogP contribution in [0.2, 0.25) is 0 Å². The zero-order chi connectivity index (χ0) is 15.4. The highest BCUT2D eigenvalue weighted by atomic mass is 32.2. The molecule has 0 aromatic carbocycles. The minimum Gasteiger partial charge on any atom is -0.356 e. The topological polar surface area (TPSA) is 46.2 Å². The smallest absolute Gasteiger partial charge is 0.216 e. The lowest BCUT2D eigenvalue weighted by Crippen LogP contribution is -2.38. The molecule has 1 amide bonds. The van der Waals surface area contributed by atoms with E-state index >= 15 is 0 Å². The number of hydrogen-bond acceptors (Lipinski definition) is 3. The molecule has 1 N–H and O–H groups in total. The summed E-state index contributed by atoms with van der Waals surface area (Å²) < 4.78 is 0. The predicted octanol–water partition coefficient (Wildman–Crippen LogP) is 3.26. The molecule has 21 heavy (non-hydrogen) atoms. The Morgan fingerprint density at radius 2 is 2.00 bits per heavy atom. The summed E-state index contributed by atoms with van der Waals surface area (Å²) in [7, 11) is 0. The van der Waals surface area contributed by atoms with Crippen LogP contribution < -0.4 is 5.32 Å². The van der Waals surface area contributed by atoms with Crippen molar-refractivity contribution < 1.29 is 9.59 Å². The number of thioether (sulfide) groups is 1. The third-order valence-corrected chi connectivity index (χ3v) is 5.86. The molecule has 4 heteroatoms. The van der Waals surface area contributed by atoms with Crippen molar-refractivity contribution in [2.24, 2.45) is 29.6 Å². The van der Waals surface area contributed by atoms with Crippen LogP contribution in [0.15, 0.2) is 12.2 Å². The van der Waals surface area contributed by atoms with Crippen molar-refractivity contribution in [3.8, 4) is 0 Å². The third-order valence-electron chi connectivity index (χ3n) is 4.90. The monoisotopic (exact) mass is 309 g/mol. The second-order valence-electron chi connectivity index (χ2n) is 6.67. The summed E-state index contributed by atoms with van der Waals surface area (Å²) in [6, 6.07) is 0. The van der Waals surface area contributed by atoms with Crippen molar-refractivity contribution in [1.29, 1.82) is 0 Å². The van der Waals surface area contributed by atoms with Crippen molar-refractivity contribution in [1.82, 2.24) is 5.32 Å². The summed E-state index contributed by atoms with van der Waals surface area (Å²) >= 11 is 1.40. The molecule has 0 aromatic heterocycles. The fraction of sp³-hybridized carbons (Fsp3) is 0.765. The molecule has 1 fully saturated rings. The highest BCUT2D eigenvalue weighted by molar-refractivity contribution is 8.13. The lowest BCUT2D eigenvalue weighted by molar-refractivity contribution is -0.119. The number of fused-ring (bicyclic) bond motifs is 1. The van der Waals surface area contributed by atoms with E-state index < -0.39 is 0 Å². The minimum atomic E-state index is -0.0293. The second kappa shape index (κ2) is 7.48. The van der Waals surface area contributed by atoms with E-state index in [1.54, 1.807) is 0 Å². The van der Waals surface area contributed by atoms with E-state index in [4.69, 9.17) is 0 Å². The van der Waals surface area contributed by atoms with Crippen molar-refractivity contribution in [3.05, 3.63) is 12.2 Å². The zero-order valence-electron chi connectivity index (χ0n) is 13.3. The summed E-state index contributed by atoms with van der Waals surface area (Å²) in [5.74, 6) is 3.07. The highest BCUT2D eigenvalue weighted by Crippen LogP contribution is 2.46. The van der Waals surface area contributed by atoms with Gasteiger partial charge >= 0.3 is 0 Å². The van der Waals surface area contributed by atoms with Gasteiger partial charge in [-0.3, -0.25) is 9.59 Å². The molecule has 2 aliphatic rings. The maximum Gasteiger partial charge on any atom is 0.216 e. The first-order valence-corrected chi connectivity index (χ1v) is 9.07. The number of nitrogens with one attached hydrogen (secondary N) is 1. The van der Waals surface area contributed by atoms with Crippen LogP contribution in [0.5, 0.6) is 0 Å². The van der Waals surface area contributed by atoms with Crippen LogP contribution in [0.25, 0.3) is 0 Å². The van der Waals surface area contributed by atoms with Crippen molar-refractivity contribution >= 4 is 22.8 Å². The predicted molar refractivity (Wildman–Crippen MR) is 87.9 cm³/mol. The Labute approximate surface area is 132 Å². The van der Waals surface area contributed by atoms with E-state index in [0.29, 0.717) is 35.2 Å². The van der Waals surface area contributed by atoms with Crippen LogP contribution in [-0.4, -0.2) is 23.3 Å². The molecule has 0 saturated heterocycles. The van der Waals surface area contributed by atoms with Crippen LogP contribution in [0.3, 0.4) is 0 Å². The molecule has 118 valence electrons. The first-order valence-electron chi connectivity index (χ1n) is 8.08. The lowest BCUT2D eigenvalue weighted by Gasteiger charge is -2.42. The van der Waals surface area contributed by atoms with Gasteiger partial charge in [0, 0.05) is 25.1 Å². The number of rotatable bonds is 4. The van der Waals surface area contributed by atoms with Gasteiger partial charge in [0.2, 0.25) is 5.91 Å². The van der Waals surface area contributed by atoms with E-state index in [1.165, 1.54) is 37.9 Å². The molecule has 0 unspecified atom stereocenters. The highest BCUT2D eigenvalue weighted by Gasteiger charge is 2.41. The van der Waals surface area contributed by atoms with E-state index in [-0.39, 0.29) is 11.8 Å². The maximum absolute atomic E-state index is 12.6. The summed E-state index contributed by atoms with van der Waals surface area (Å²) in [4.78, 5) is 23.5. The van der Waals surface area contributed by atoms with Crippen LogP contribution in [-0.2, 0) is 9.59 Å². The van der Waals surface area contributed by atoms with E-state index in [2.05, 4.69) is 31.3 Å². The lowest BCUT2D eigenvalue weighted by atomic mass is 9.63. The molecule has 3 nitrogen and oxygen atoms in total. The van der Waals surface area contributed by atoms with Crippen LogP contribution in [0.4, 0.5) is 0 Å². The van der Waals surface area contributed by atoms with Gasteiger partial charge in [-0.1, -0.05) is 44.2 Å². The largest absolute Gasteiger partial charge is 0.356 e. The maximum atomic E-state index is 12.6. The van der Waals surface area contributed by atoms with Gasteiger partial charge in [-0.15, -0.1) is 0 Å². The molecule has 0 aromatic rings. The van der Waals surface area contributed by atoms with E-state index in [0.717, 1.165) is 5.92 Å². The number of hydrogen-bond donors (Lipinski definition) is 1. The molecule has 1 saturated carbocycles. The Morgan fingerprint density at radius 3 is 2.71 bits per heavy atom. The summed E-state index contributed by atoms with van der Waals surface area (Å²) in [6.45, 7) is 6.57. The number of amides is 1. The Hall–Kier alpha value is -0.770. The third kappa shape index (κ3) is 4.35. The molecule has 0 heterocycles. The van der Waals surface area contributed by atoms with Gasteiger partial charge in [-0.05, 0) is 36.5 Å². The van der Waals surface area contributed by atoms with Crippen LogP contribution in [0.1, 0.15) is 40.0 Å². The van der Waals surface area contributed by atoms with E-state index in [9.17, 15) is 9.59 Å². The summed E-state index contributed by atoms with van der Waals surface area (Å²) in [5, 5.41) is 3.07. The molecular formula is C17H27NO2S. The molecule has 2 aliphatic carbocycles. The number of allylic oxidation sites excluding steroid dienone is 2. The molecule has 2 rings (SSSR count). The quantitative estimate of drug-likeness (QED) is 0.640. The van der Waals surface area contributed by atoms with Gasteiger partial charge in [0.05, 0.1) is 0 Å². The van der Waals surface area contributed by atoms with Gasteiger partial charge in [-0.25, -0.2) is 0 Å². The Morgan fingerprint density at radius 1 is 1.24 bits per heavy atom. The molecule has 0 bridgehead atoms. The Bertz CT molecular complexity index is 421. The normalized spacial score (nSPS) is 35.1. The van der Waals surface area contributed by atoms with Gasteiger partial charge in [-0.2, -0.15) is 0 Å². The van der Waals surface area contributed by atoms with Crippen LogP contribution in [0, 0.1) is 29.6 Å². The SMILES string of the molecule is CC(=O)NCCSC(=O)[C@H]1[C@@H]2CC[C@@H](C)C[C@@H]2C=C[C@@H]1C. The van der Waals surface area contributed by atoms with Gasteiger partial charge < -0.3 is 5.32 Å². The standard InChI is InChI=1S/C17H27NO2S/c1-11-4-7-15-14(10-11)6-5-12(2)16(15)17(20)21-9-8-18-13(3)19/h5-6,11-12,14-16H,4,7-10H2,1-3H3,(H,18,19)/t11-,12+,14+,15-,16-/m1/s1. The van der Waals surface area contributed by atoms with Gasteiger partial charge in [0.25, 0.3) is 0 Å². The molecule has 0 spiro atoms.